The van der Waals surface area contributed by atoms with E-state index in [4.69, 9.17) is 19.0 Å². The summed E-state index contributed by atoms with van der Waals surface area (Å²) >= 11 is 0. The van der Waals surface area contributed by atoms with Crippen LogP contribution in [-0.2, 0) is 13.0 Å². The van der Waals surface area contributed by atoms with Crippen LogP contribution in [0, 0.1) is 13.8 Å². The fourth-order valence-electron chi connectivity index (χ4n) is 2.92. The molecule has 2 aromatic heterocycles. The minimum Gasteiger partial charge on any atom is -0.496 e. The van der Waals surface area contributed by atoms with Gasteiger partial charge >= 0.3 is 0 Å². The fourth-order valence-corrected chi connectivity index (χ4v) is 2.92. The van der Waals surface area contributed by atoms with Gasteiger partial charge < -0.3 is 19.0 Å². The first-order valence-electron chi connectivity index (χ1n) is 8.37. The van der Waals surface area contributed by atoms with Gasteiger partial charge in [0.1, 0.15) is 23.0 Å². The van der Waals surface area contributed by atoms with Crippen molar-refractivity contribution in [1.29, 1.82) is 0 Å². The number of aryl methyl sites for hydroxylation is 1. The number of aliphatic hydroxyl groups is 1. The van der Waals surface area contributed by atoms with Crippen LogP contribution >= 0.6 is 0 Å². The molecule has 0 aliphatic carbocycles. The summed E-state index contributed by atoms with van der Waals surface area (Å²) in [4.78, 5) is 4.64. The van der Waals surface area contributed by atoms with E-state index in [0.717, 1.165) is 33.9 Å². The Morgan fingerprint density at radius 3 is 2.69 bits per heavy atom. The van der Waals surface area contributed by atoms with Crippen LogP contribution in [0.1, 0.15) is 22.6 Å². The number of aromatic nitrogens is 3. The van der Waals surface area contributed by atoms with Gasteiger partial charge in [-0.25, -0.2) is 4.98 Å². The zero-order valence-corrected chi connectivity index (χ0v) is 15.4. The maximum absolute atomic E-state index is 9.02. The van der Waals surface area contributed by atoms with Crippen LogP contribution in [0.3, 0.4) is 0 Å². The maximum atomic E-state index is 9.02. The van der Waals surface area contributed by atoms with E-state index in [1.54, 1.807) is 25.1 Å². The molecule has 0 fully saturated rings. The highest BCUT2D eigenvalue weighted by Crippen LogP contribution is 2.37. The van der Waals surface area contributed by atoms with E-state index in [1.807, 2.05) is 32.2 Å². The molecule has 0 aliphatic rings. The fraction of sp³-hybridized carbons (Fsp3) is 0.368. The lowest BCUT2D eigenvalue weighted by molar-refractivity contribution is 0.299. The number of aliphatic hydroxyl groups excluding tert-OH is 1. The Balaban J connectivity index is 1.91. The van der Waals surface area contributed by atoms with Gasteiger partial charge in [-0.3, -0.25) is 4.68 Å². The predicted octanol–water partition coefficient (Wildman–Crippen LogP) is 2.76. The van der Waals surface area contributed by atoms with Crippen LogP contribution in [0.25, 0.3) is 11.5 Å². The summed E-state index contributed by atoms with van der Waals surface area (Å²) < 4.78 is 18.6. The molecule has 0 saturated heterocycles. The third-order valence-electron chi connectivity index (χ3n) is 4.30. The average molecular weight is 357 g/mol. The third kappa shape index (κ3) is 3.43. The van der Waals surface area contributed by atoms with Gasteiger partial charge in [0.05, 0.1) is 32.5 Å². The number of nitrogens with zero attached hydrogens (tertiary/aromatic N) is 3. The molecular weight excluding hydrogens is 334 g/mol. The molecule has 0 unspecified atom stereocenters. The molecule has 0 spiro atoms. The quantitative estimate of drug-likeness (QED) is 0.700. The van der Waals surface area contributed by atoms with Crippen LogP contribution < -0.4 is 9.47 Å². The van der Waals surface area contributed by atoms with Crippen molar-refractivity contribution in [3.63, 3.8) is 0 Å². The SMILES string of the molecule is COc1ccc(-c2nc(Cn3cc(CCO)cn3)c(C)o2)c(OC)c1C. The van der Waals surface area contributed by atoms with Crippen molar-refractivity contribution >= 4 is 0 Å². The number of benzene rings is 1. The van der Waals surface area contributed by atoms with Gasteiger partial charge in [-0.2, -0.15) is 5.10 Å². The van der Waals surface area contributed by atoms with Crippen LogP contribution in [-0.4, -0.2) is 40.7 Å². The van der Waals surface area contributed by atoms with E-state index in [-0.39, 0.29) is 6.61 Å². The molecule has 3 rings (SSSR count). The highest BCUT2D eigenvalue weighted by molar-refractivity contribution is 5.68. The smallest absolute Gasteiger partial charge is 0.230 e. The molecule has 7 heteroatoms. The van der Waals surface area contributed by atoms with Gasteiger partial charge in [0.2, 0.25) is 5.89 Å². The highest BCUT2D eigenvalue weighted by Gasteiger charge is 2.19. The molecule has 0 atom stereocenters. The molecule has 26 heavy (non-hydrogen) atoms. The average Bonchev–Trinajstić information content (AvgIpc) is 3.22. The molecule has 0 radical (unpaired) electrons. The Labute approximate surface area is 152 Å². The summed E-state index contributed by atoms with van der Waals surface area (Å²) in [5, 5.41) is 13.3. The summed E-state index contributed by atoms with van der Waals surface area (Å²) in [7, 11) is 3.25. The number of rotatable bonds is 7. The van der Waals surface area contributed by atoms with Crippen molar-refractivity contribution in [2.45, 2.75) is 26.8 Å². The number of ether oxygens (including phenoxy) is 2. The molecule has 0 aliphatic heterocycles. The van der Waals surface area contributed by atoms with Gasteiger partial charge in [0.25, 0.3) is 0 Å². The van der Waals surface area contributed by atoms with E-state index in [0.29, 0.717) is 24.6 Å². The number of oxazole rings is 1. The lowest BCUT2D eigenvalue weighted by Crippen LogP contribution is -2.02. The summed E-state index contributed by atoms with van der Waals surface area (Å²) in [5.41, 5.74) is 3.46. The first kappa shape index (κ1) is 18.0. The van der Waals surface area contributed by atoms with Gasteiger partial charge in [0, 0.05) is 18.4 Å². The van der Waals surface area contributed by atoms with Gasteiger partial charge in [-0.15, -0.1) is 0 Å². The Bertz CT molecular complexity index is 898. The second-order valence-corrected chi connectivity index (χ2v) is 6.02. The van der Waals surface area contributed by atoms with E-state index in [2.05, 4.69) is 10.1 Å². The zero-order valence-electron chi connectivity index (χ0n) is 15.4. The highest BCUT2D eigenvalue weighted by atomic mass is 16.5. The zero-order chi connectivity index (χ0) is 18.7. The summed E-state index contributed by atoms with van der Waals surface area (Å²) in [5.74, 6) is 2.67. The summed E-state index contributed by atoms with van der Waals surface area (Å²) in [6.45, 7) is 4.42. The van der Waals surface area contributed by atoms with Crippen LogP contribution in [0.5, 0.6) is 11.5 Å². The van der Waals surface area contributed by atoms with Crippen molar-refractivity contribution < 1.29 is 19.0 Å². The van der Waals surface area contributed by atoms with Crippen LogP contribution in [0.15, 0.2) is 28.9 Å². The van der Waals surface area contributed by atoms with Gasteiger partial charge in [0.15, 0.2) is 0 Å². The van der Waals surface area contributed by atoms with Crippen molar-refractivity contribution in [1.82, 2.24) is 14.8 Å². The lowest BCUT2D eigenvalue weighted by Gasteiger charge is -2.12. The molecule has 7 nitrogen and oxygen atoms in total. The molecule has 0 amide bonds. The molecule has 0 saturated carbocycles. The number of methoxy groups -OCH3 is 2. The molecule has 138 valence electrons. The Morgan fingerprint density at radius 1 is 1.19 bits per heavy atom. The standard InChI is InChI=1S/C19H23N3O4/c1-12-17(24-3)6-5-15(18(12)25-4)19-21-16(13(2)26-19)11-22-10-14(7-8-23)9-20-22/h5-6,9-10,23H,7-8,11H2,1-4H3. The van der Waals surface area contributed by atoms with Crippen molar-refractivity contribution in [2.24, 2.45) is 0 Å². The molecule has 1 N–H and O–H groups in total. The largest absolute Gasteiger partial charge is 0.496 e. The Hall–Kier alpha value is -2.80. The summed E-state index contributed by atoms with van der Waals surface area (Å²) in [6.07, 6.45) is 4.25. The van der Waals surface area contributed by atoms with E-state index in [9.17, 15) is 0 Å². The molecule has 2 heterocycles. The monoisotopic (exact) mass is 357 g/mol. The number of hydrogen-bond donors (Lipinski definition) is 1. The Kier molecular flexibility index (Phi) is 5.27. The molecule has 1 aromatic carbocycles. The van der Waals surface area contributed by atoms with Crippen molar-refractivity contribution in [3.8, 4) is 23.0 Å². The van der Waals surface area contributed by atoms with Crippen LogP contribution in [0.4, 0.5) is 0 Å². The number of hydrogen-bond acceptors (Lipinski definition) is 6. The van der Waals surface area contributed by atoms with E-state index < -0.39 is 0 Å². The lowest BCUT2D eigenvalue weighted by atomic mass is 10.1. The maximum Gasteiger partial charge on any atom is 0.230 e. The van der Waals surface area contributed by atoms with Crippen molar-refractivity contribution in [2.75, 3.05) is 20.8 Å². The van der Waals surface area contributed by atoms with E-state index >= 15 is 0 Å². The normalized spacial score (nSPS) is 11.0. The minimum atomic E-state index is 0.107. The molecule has 3 aromatic rings. The van der Waals surface area contributed by atoms with Crippen LogP contribution in [0.2, 0.25) is 0 Å². The molecule has 0 bridgehead atoms. The Morgan fingerprint density at radius 2 is 2.00 bits per heavy atom. The second-order valence-electron chi connectivity index (χ2n) is 6.02. The first-order chi connectivity index (χ1) is 12.6. The topological polar surface area (TPSA) is 82.5 Å². The predicted molar refractivity (Wildman–Crippen MR) is 96.6 cm³/mol. The van der Waals surface area contributed by atoms with Crippen molar-refractivity contribution in [3.05, 3.63) is 47.1 Å². The van der Waals surface area contributed by atoms with Gasteiger partial charge in [-0.05, 0) is 38.0 Å². The summed E-state index contributed by atoms with van der Waals surface area (Å²) in [6, 6.07) is 3.76. The minimum absolute atomic E-state index is 0.107. The second kappa shape index (κ2) is 7.61. The van der Waals surface area contributed by atoms with Gasteiger partial charge in [-0.1, -0.05) is 0 Å². The van der Waals surface area contributed by atoms with E-state index in [1.165, 1.54) is 0 Å². The first-order valence-corrected chi connectivity index (χ1v) is 8.37. The third-order valence-corrected chi connectivity index (χ3v) is 4.30. The molecular formula is C19H23N3O4.